The molecule has 0 aromatic heterocycles. The number of benzene rings is 1. The van der Waals surface area contributed by atoms with Crippen molar-refractivity contribution in [1.29, 1.82) is 0 Å². The molecule has 1 aromatic carbocycles. The molecule has 1 saturated heterocycles. The SMILES string of the molecule is CCC(=O)N1CCN(CCCC(=O)c2ccc(F)cc2)CC1.Cl. The Hall–Kier alpha value is -1.46. The van der Waals surface area contributed by atoms with Gasteiger partial charge in [-0.15, -0.1) is 12.4 Å². The van der Waals surface area contributed by atoms with E-state index >= 15 is 0 Å². The molecule has 2 rings (SSSR count). The van der Waals surface area contributed by atoms with E-state index in [0.29, 0.717) is 18.4 Å². The maximum Gasteiger partial charge on any atom is 0.222 e. The van der Waals surface area contributed by atoms with Crippen LogP contribution >= 0.6 is 12.4 Å². The number of halogens is 2. The number of hydrogen-bond acceptors (Lipinski definition) is 3. The third-order valence-corrected chi connectivity index (χ3v) is 4.07. The fourth-order valence-corrected chi connectivity index (χ4v) is 2.69. The molecule has 0 unspecified atom stereocenters. The number of piperazine rings is 1. The summed E-state index contributed by atoms with van der Waals surface area (Å²) in [6, 6.07) is 5.70. The van der Waals surface area contributed by atoms with Crippen molar-refractivity contribution in [2.75, 3.05) is 32.7 Å². The summed E-state index contributed by atoms with van der Waals surface area (Å²) in [5.74, 6) is -0.0537. The van der Waals surface area contributed by atoms with Crippen LogP contribution in [0.5, 0.6) is 0 Å². The van der Waals surface area contributed by atoms with Crippen LogP contribution in [0.1, 0.15) is 36.5 Å². The Morgan fingerprint density at radius 1 is 1.09 bits per heavy atom. The van der Waals surface area contributed by atoms with Crippen LogP contribution in [0, 0.1) is 5.82 Å². The van der Waals surface area contributed by atoms with Gasteiger partial charge in [0.05, 0.1) is 0 Å². The molecule has 0 atom stereocenters. The molecule has 1 amide bonds. The molecule has 1 aromatic rings. The predicted octanol–water partition coefficient (Wildman–Crippen LogP) is 2.76. The van der Waals surface area contributed by atoms with Gasteiger partial charge in [0.25, 0.3) is 0 Å². The minimum Gasteiger partial charge on any atom is -0.340 e. The molecule has 1 heterocycles. The third kappa shape index (κ3) is 5.92. The molecule has 128 valence electrons. The van der Waals surface area contributed by atoms with Gasteiger partial charge in [0.2, 0.25) is 5.91 Å². The summed E-state index contributed by atoms with van der Waals surface area (Å²) in [7, 11) is 0. The average Bonchev–Trinajstić information content (AvgIpc) is 2.55. The number of nitrogens with zero attached hydrogens (tertiary/aromatic N) is 2. The van der Waals surface area contributed by atoms with E-state index in [2.05, 4.69) is 4.90 Å². The molecule has 0 saturated carbocycles. The second-order valence-corrected chi connectivity index (χ2v) is 5.61. The Bertz CT molecular complexity index is 514. The van der Waals surface area contributed by atoms with Gasteiger partial charge in [-0.1, -0.05) is 6.92 Å². The van der Waals surface area contributed by atoms with Crippen molar-refractivity contribution >= 4 is 24.1 Å². The first-order chi connectivity index (χ1) is 10.6. The number of amides is 1. The van der Waals surface area contributed by atoms with Crippen molar-refractivity contribution in [2.45, 2.75) is 26.2 Å². The van der Waals surface area contributed by atoms with Crippen molar-refractivity contribution in [1.82, 2.24) is 9.80 Å². The summed E-state index contributed by atoms with van der Waals surface area (Å²) in [6.07, 6.45) is 1.82. The maximum absolute atomic E-state index is 12.8. The standard InChI is InChI=1S/C17H23FN2O2.ClH/c1-2-17(22)20-12-10-19(11-13-20)9-3-4-16(21)14-5-7-15(18)8-6-14;/h5-8H,2-4,9-13H2,1H3;1H. The van der Waals surface area contributed by atoms with E-state index in [0.717, 1.165) is 39.1 Å². The van der Waals surface area contributed by atoms with Crippen LogP contribution in [-0.2, 0) is 4.79 Å². The predicted molar refractivity (Wildman–Crippen MR) is 90.5 cm³/mol. The summed E-state index contributed by atoms with van der Waals surface area (Å²) in [5.41, 5.74) is 0.569. The van der Waals surface area contributed by atoms with Gasteiger partial charge >= 0.3 is 0 Å². The van der Waals surface area contributed by atoms with Crippen molar-refractivity contribution in [3.05, 3.63) is 35.6 Å². The minimum atomic E-state index is -0.323. The van der Waals surface area contributed by atoms with Crippen LogP contribution in [0.25, 0.3) is 0 Å². The Labute approximate surface area is 143 Å². The normalized spacial score (nSPS) is 15.1. The van der Waals surface area contributed by atoms with Crippen molar-refractivity contribution in [3.63, 3.8) is 0 Å². The Kier molecular flexibility index (Phi) is 8.20. The van der Waals surface area contributed by atoms with Gasteiger partial charge < -0.3 is 4.90 Å². The van der Waals surface area contributed by atoms with Crippen LogP contribution in [0.4, 0.5) is 4.39 Å². The van der Waals surface area contributed by atoms with Crippen LogP contribution in [-0.4, -0.2) is 54.2 Å². The molecule has 23 heavy (non-hydrogen) atoms. The van der Waals surface area contributed by atoms with Crippen LogP contribution < -0.4 is 0 Å². The molecule has 1 fully saturated rings. The molecule has 0 aliphatic carbocycles. The zero-order valence-electron chi connectivity index (χ0n) is 13.5. The first kappa shape index (κ1) is 19.6. The zero-order valence-corrected chi connectivity index (χ0v) is 14.3. The first-order valence-electron chi connectivity index (χ1n) is 7.89. The molecule has 0 radical (unpaired) electrons. The molecule has 0 N–H and O–H groups in total. The summed E-state index contributed by atoms with van der Waals surface area (Å²) in [6.45, 7) is 6.04. The lowest BCUT2D eigenvalue weighted by Crippen LogP contribution is -2.48. The lowest BCUT2D eigenvalue weighted by Gasteiger charge is -2.34. The Morgan fingerprint density at radius 3 is 2.26 bits per heavy atom. The fraction of sp³-hybridized carbons (Fsp3) is 0.529. The monoisotopic (exact) mass is 342 g/mol. The van der Waals surface area contributed by atoms with E-state index in [-0.39, 0.29) is 29.9 Å². The van der Waals surface area contributed by atoms with Gasteiger partial charge in [0.1, 0.15) is 5.82 Å². The topological polar surface area (TPSA) is 40.6 Å². The molecule has 0 bridgehead atoms. The van der Waals surface area contributed by atoms with Gasteiger partial charge in [-0.25, -0.2) is 4.39 Å². The fourth-order valence-electron chi connectivity index (χ4n) is 2.69. The number of ketones is 1. The smallest absolute Gasteiger partial charge is 0.222 e. The van der Waals surface area contributed by atoms with Gasteiger partial charge in [0, 0.05) is 44.6 Å². The quantitative estimate of drug-likeness (QED) is 0.746. The van der Waals surface area contributed by atoms with Crippen LogP contribution in [0.15, 0.2) is 24.3 Å². The first-order valence-corrected chi connectivity index (χ1v) is 7.89. The lowest BCUT2D eigenvalue weighted by atomic mass is 10.1. The summed E-state index contributed by atoms with van der Waals surface area (Å²) in [4.78, 5) is 27.8. The summed E-state index contributed by atoms with van der Waals surface area (Å²) >= 11 is 0. The number of carbonyl (C=O) groups is 2. The van der Waals surface area contributed by atoms with Crippen molar-refractivity contribution in [3.8, 4) is 0 Å². The second kappa shape index (κ2) is 9.63. The highest BCUT2D eigenvalue weighted by atomic mass is 35.5. The van der Waals surface area contributed by atoms with E-state index in [9.17, 15) is 14.0 Å². The molecule has 4 nitrogen and oxygen atoms in total. The highest BCUT2D eigenvalue weighted by Gasteiger charge is 2.19. The minimum absolute atomic E-state index is 0. The number of Topliss-reactive ketones (excluding diaryl/α,β-unsaturated/α-hetero) is 1. The number of hydrogen-bond donors (Lipinski definition) is 0. The van der Waals surface area contributed by atoms with E-state index in [1.165, 1.54) is 24.3 Å². The average molecular weight is 343 g/mol. The molecule has 1 aliphatic rings. The Morgan fingerprint density at radius 2 is 1.70 bits per heavy atom. The van der Waals surface area contributed by atoms with Crippen LogP contribution in [0.3, 0.4) is 0 Å². The molecule has 0 spiro atoms. The lowest BCUT2D eigenvalue weighted by molar-refractivity contribution is -0.132. The van der Waals surface area contributed by atoms with E-state index in [1.807, 2.05) is 11.8 Å². The maximum atomic E-state index is 12.8. The van der Waals surface area contributed by atoms with E-state index in [4.69, 9.17) is 0 Å². The number of carbonyl (C=O) groups excluding carboxylic acids is 2. The van der Waals surface area contributed by atoms with Gasteiger partial charge in [-0.05, 0) is 37.2 Å². The largest absolute Gasteiger partial charge is 0.340 e. The highest BCUT2D eigenvalue weighted by Crippen LogP contribution is 2.09. The van der Waals surface area contributed by atoms with Gasteiger partial charge in [-0.3, -0.25) is 14.5 Å². The second-order valence-electron chi connectivity index (χ2n) is 5.61. The zero-order chi connectivity index (χ0) is 15.9. The summed E-state index contributed by atoms with van der Waals surface area (Å²) < 4.78 is 12.8. The summed E-state index contributed by atoms with van der Waals surface area (Å²) in [5, 5.41) is 0. The highest BCUT2D eigenvalue weighted by molar-refractivity contribution is 5.95. The van der Waals surface area contributed by atoms with E-state index in [1.54, 1.807) is 0 Å². The Balaban J connectivity index is 0.00000264. The van der Waals surface area contributed by atoms with Gasteiger partial charge in [-0.2, -0.15) is 0 Å². The van der Waals surface area contributed by atoms with Gasteiger partial charge in [0.15, 0.2) is 5.78 Å². The molecule has 6 heteroatoms. The van der Waals surface area contributed by atoms with Crippen LogP contribution in [0.2, 0.25) is 0 Å². The molecular formula is C17H24ClFN2O2. The van der Waals surface area contributed by atoms with E-state index < -0.39 is 0 Å². The van der Waals surface area contributed by atoms with Crippen molar-refractivity contribution < 1.29 is 14.0 Å². The molecular weight excluding hydrogens is 319 g/mol. The van der Waals surface area contributed by atoms with Crippen molar-refractivity contribution in [2.24, 2.45) is 0 Å². The molecule has 1 aliphatic heterocycles. The number of rotatable bonds is 6. The third-order valence-electron chi connectivity index (χ3n) is 4.07.